The summed E-state index contributed by atoms with van der Waals surface area (Å²) in [6.07, 6.45) is -2.06. The van der Waals surface area contributed by atoms with Crippen LogP contribution in [0, 0.1) is 11.3 Å². The highest BCUT2D eigenvalue weighted by molar-refractivity contribution is 5.98. The number of amides is 1. The van der Waals surface area contributed by atoms with E-state index in [4.69, 9.17) is 10.1 Å². The van der Waals surface area contributed by atoms with Crippen LogP contribution in [0.4, 0.5) is 24.8 Å². The summed E-state index contributed by atoms with van der Waals surface area (Å²) in [4.78, 5) is 30.2. The Morgan fingerprint density at radius 3 is 2.49 bits per heavy atom. The largest absolute Gasteiger partial charge is 0.573 e. The second-order valence-electron chi connectivity index (χ2n) is 11.1. The standard InChI is InChI=1S/C28H33F3N4O4/c1-17-13-20(16-27(2,3)15-17)35-23-14-18(25(38)34(4)12-11-24(36)37)5-10-22(23)33-26(35)32-19-6-8-21(9-7-19)39-28(29,30)31/h5-10,14,17,20H,11-13,15-16H2,1-4H3,(H,32,33)(H,36,37)/t17-,20+/m1/s1. The first-order valence-corrected chi connectivity index (χ1v) is 12.8. The molecule has 1 saturated carbocycles. The van der Waals surface area contributed by atoms with Gasteiger partial charge in [0.25, 0.3) is 5.91 Å². The lowest BCUT2D eigenvalue weighted by atomic mass is 9.70. The molecule has 1 fully saturated rings. The summed E-state index contributed by atoms with van der Waals surface area (Å²) in [5.41, 5.74) is 2.45. The predicted molar refractivity (Wildman–Crippen MR) is 141 cm³/mol. The van der Waals surface area contributed by atoms with Crippen molar-refractivity contribution in [3.05, 3.63) is 48.0 Å². The van der Waals surface area contributed by atoms with Gasteiger partial charge in [0.15, 0.2) is 0 Å². The molecule has 0 radical (unpaired) electrons. The fraction of sp³-hybridized carbons (Fsp3) is 0.464. The molecule has 2 aromatic carbocycles. The molecule has 39 heavy (non-hydrogen) atoms. The first kappa shape index (κ1) is 28.3. The number of nitrogens with zero attached hydrogens (tertiary/aromatic N) is 3. The molecule has 210 valence electrons. The lowest BCUT2D eigenvalue weighted by Crippen LogP contribution is -2.30. The molecule has 1 amide bonds. The highest BCUT2D eigenvalue weighted by Crippen LogP contribution is 2.46. The zero-order chi connectivity index (χ0) is 28.5. The molecule has 1 aliphatic carbocycles. The predicted octanol–water partition coefficient (Wildman–Crippen LogP) is 6.61. The maximum absolute atomic E-state index is 13.1. The molecular weight excluding hydrogens is 513 g/mol. The number of rotatable bonds is 8. The third-order valence-corrected chi connectivity index (χ3v) is 7.02. The first-order chi connectivity index (χ1) is 18.2. The van der Waals surface area contributed by atoms with Crippen molar-refractivity contribution in [2.45, 2.75) is 58.9 Å². The van der Waals surface area contributed by atoms with Gasteiger partial charge in [-0.3, -0.25) is 9.59 Å². The van der Waals surface area contributed by atoms with Gasteiger partial charge >= 0.3 is 12.3 Å². The summed E-state index contributed by atoms with van der Waals surface area (Å²) in [5, 5.41) is 12.2. The molecule has 1 heterocycles. The Kier molecular flexibility index (Phi) is 7.81. The van der Waals surface area contributed by atoms with Crippen LogP contribution in [0.2, 0.25) is 0 Å². The van der Waals surface area contributed by atoms with Crippen LogP contribution in [0.15, 0.2) is 42.5 Å². The van der Waals surface area contributed by atoms with E-state index >= 15 is 0 Å². The fourth-order valence-corrected chi connectivity index (χ4v) is 5.63. The van der Waals surface area contributed by atoms with Crippen LogP contribution in [0.1, 0.15) is 62.9 Å². The van der Waals surface area contributed by atoms with Crippen molar-refractivity contribution in [2.24, 2.45) is 11.3 Å². The van der Waals surface area contributed by atoms with E-state index in [1.165, 1.54) is 29.2 Å². The van der Waals surface area contributed by atoms with E-state index in [2.05, 4.69) is 35.4 Å². The van der Waals surface area contributed by atoms with Crippen LogP contribution < -0.4 is 10.1 Å². The number of aliphatic carboxylic acids is 1. The second-order valence-corrected chi connectivity index (χ2v) is 11.1. The quantitative estimate of drug-likeness (QED) is 0.330. The van der Waals surface area contributed by atoms with Crippen LogP contribution >= 0.6 is 0 Å². The molecule has 1 aromatic heterocycles. The molecule has 4 rings (SSSR count). The Labute approximate surface area is 224 Å². The van der Waals surface area contributed by atoms with Crippen molar-refractivity contribution >= 4 is 34.5 Å². The van der Waals surface area contributed by atoms with Crippen LogP contribution in [-0.2, 0) is 4.79 Å². The van der Waals surface area contributed by atoms with Gasteiger partial charge in [-0.05, 0) is 73.1 Å². The lowest BCUT2D eigenvalue weighted by molar-refractivity contribution is -0.274. The first-order valence-electron chi connectivity index (χ1n) is 12.8. The summed E-state index contributed by atoms with van der Waals surface area (Å²) in [5.74, 6) is -0.619. The maximum Gasteiger partial charge on any atom is 0.573 e. The van der Waals surface area contributed by atoms with Crippen molar-refractivity contribution in [3.8, 4) is 5.75 Å². The number of alkyl halides is 3. The number of aromatic nitrogens is 2. The molecule has 11 heteroatoms. The summed E-state index contributed by atoms with van der Waals surface area (Å²) in [6.45, 7) is 6.76. The minimum Gasteiger partial charge on any atom is -0.481 e. The van der Waals surface area contributed by atoms with Gasteiger partial charge in [-0.2, -0.15) is 0 Å². The van der Waals surface area contributed by atoms with Gasteiger partial charge in [-0.15, -0.1) is 13.2 Å². The number of ether oxygens (including phenoxy) is 1. The number of carbonyl (C=O) groups excluding carboxylic acids is 1. The molecule has 2 atom stereocenters. The Bertz CT molecular complexity index is 1350. The minimum atomic E-state index is -4.77. The van der Waals surface area contributed by atoms with Crippen LogP contribution in [0.3, 0.4) is 0 Å². The third kappa shape index (κ3) is 7.01. The molecule has 1 aliphatic rings. The number of carbonyl (C=O) groups is 2. The summed E-state index contributed by atoms with van der Waals surface area (Å²) in [7, 11) is 1.57. The number of nitrogens with one attached hydrogen (secondary N) is 1. The molecule has 8 nitrogen and oxygen atoms in total. The van der Waals surface area contributed by atoms with E-state index in [1.807, 2.05) is 0 Å². The van der Waals surface area contributed by atoms with E-state index in [1.54, 1.807) is 25.2 Å². The van der Waals surface area contributed by atoms with Crippen molar-refractivity contribution in [3.63, 3.8) is 0 Å². The molecule has 0 aliphatic heterocycles. The van der Waals surface area contributed by atoms with Crippen LogP contribution in [0.25, 0.3) is 11.0 Å². The van der Waals surface area contributed by atoms with E-state index in [0.717, 1.165) is 24.8 Å². The highest BCUT2D eigenvalue weighted by atomic mass is 19.4. The van der Waals surface area contributed by atoms with E-state index in [9.17, 15) is 22.8 Å². The number of hydrogen-bond donors (Lipinski definition) is 2. The van der Waals surface area contributed by atoms with Gasteiger partial charge in [0.05, 0.1) is 17.5 Å². The number of imidazole rings is 1. The van der Waals surface area contributed by atoms with E-state index in [-0.39, 0.29) is 36.1 Å². The molecule has 0 spiro atoms. The summed E-state index contributed by atoms with van der Waals surface area (Å²) < 4.78 is 43.8. The molecule has 3 aromatic rings. The number of benzene rings is 2. The maximum atomic E-state index is 13.1. The smallest absolute Gasteiger partial charge is 0.481 e. The Morgan fingerprint density at radius 2 is 1.87 bits per heavy atom. The van der Waals surface area contributed by atoms with E-state index < -0.39 is 12.3 Å². The normalized spacial score (nSPS) is 19.1. The minimum absolute atomic E-state index is 0.0687. The average molecular weight is 547 g/mol. The second kappa shape index (κ2) is 10.8. The lowest BCUT2D eigenvalue weighted by Gasteiger charge is -2.40. The molecule has 0 bridgehead atoms. The molecular formula is C28H33F3N4O4. The molecule has 2 N–H and O–H groups in total. The van der Waals surface area contributed by atoms with Gasteiger partial charge in [0.2, 0.25) is 5.95 Å². The van der Waals surface area contributed by atoms with Crippen molar-refractivity contribution < 1.29 is 32.6 Å². The van der Waals surface area contributed by atoms with E-state index in [0.29, 0.717) is 28.6 Å². The Morgan fingerprint density at radius 1 is 1.18 bits per heavy atom. The summed E-state index contributed by atoms with van der Waals surface area (Å²) in [6, 6.07) is 10.7. The SMILES string of the molecule is C[C@@H]1C[C@H](n2c(Nc3ccc(OC(F)(F)F)cc3)nc3ccc(C(=O)N(C)CCC(=O)O)cc32)CC(C)(C)C1. The number of hydrogen-bond acceptors (Lipinski definition) is 5. The zero-order valence-corrected chi connectivity index (χ0v) is 22.4. The van der Waals surface area contributed by atoms with Gasteiger partial charge in [-0.1, -0.05) is 20.8 Å². The van der Waals surface area contributed by atoms with Gasteiger partial charge in [0, 0.05) is 30.9 Å². The zero-order valence-electron chi connectivity index (χ0n) is 22.4. The fourth-order valence-electron chi connectivity index (χ4n) is 5.63. The highest BCUT2D eigenvalue weighted by Gasteiger charge is 2.35. The third-order valence-electron chi connectivity index (χ3n) is 7.02. The van der Waals surface area contributed by atoms with Crippen molar-refractivity contribution in [1.29, 1.82) is 0 Å². The van der Waals surface area contributed by atoms with Crippen molar-refractivity contribution in [1.82, 2.24) is 14.5 Å². The summed E-state index contributed by atoms with van der Waals surface area (Å²) >= 11 is 0. The Hall–Kier alpha value is -3.76. The average Bonchev–Trinajstić information content (AvgIpc) is 3.18. The van der Waals surface area contributed by atoms with Crippen LogP contribution in [0.5, 0.6) is 5.75 Å². The van der Waals surface area contributed by atoms with Gasteiger partial charge in [0.1, 0.15) is 5.75 Å². The number of carboxylic acids is 1. The Balaban J connectivity index is 1.72. The number of halogens is 3. The van der Waals surface area contributed by atoms with Gasteiger partial charge < -0.3 is 24.6 Å². The van der Waals surface area contributed by atoms with Crippen molar-refractivity contribution in [2.75, 3.05) is 18.9 Å². The van der Waals surface area contributed by atoms with Gasteiger partial charge in [-0.25, -0.2) is 4.98 Å². The number of anilines is 2. The molecule has 0 unspecified atom stereocenters. The topological polar surface area (TPSA) is 96.7 Å². The number of fused-ring (bicyclic) bond motifs is 1. The monoisotopic (exact) mass is 546 g/mol. The van der Waals surface area contributed by atoms with Crippen LogP contribution in [-0.4, -0.2) is 51.4 Å². The molecule has 0 saturated heterocycles. The number of carboxylic acid groups (broad SMARTS) is 1.